The molecule has 0 aromatic carbocycles. The van der Waals surface area contributed by atoms with Gasteiger partial charge in [-0.1, -0.05) is 51.8 Å². The van der Waals surface area contributed by atoms with Crippen LogP contribution in [0.3, 0.4) is 0 Å². The van der Waals surface area contributed by atoms with Crippen molar-refractivity contribution in [2.24, 2.45) is 23.7 Å². The fourth-order valence-corrected chi connectivity index (χ4v) is 6.48. The summed E-state index contributed by atoms with van der Waals surface area (Å²) in [6.45, 7) is 9.73. The molecular weight excluding hydrogens is 604 g/mol. The average Bonchev–Trinajstić information content (AvgIpc) is 2.99. The van der Waals surface area contributed by atoms with E-state index in [1.165, 1.54) is 6.08 Å². The van der Waals surface area contributed by atoms with Gasteiger partial charge in [0.2, 0.25) is 0 Å². The number of esters is 1. The first-order chi connectivity index (χ1) is 21.6. The van der Waals surface area contributed by atoms with Crippen LogP contribution in [-0.2, 0) is 23.8 Å². The number of cyclic esters (lactones) is 1. The lowest BCUT2D eigenvalue weighted by Crippen LogP contribution is -2.63. The minimum Gasteiger partial charge on any atom is -0.462 e. The molecule has 0 aliphatic carbocycles. The summed E-state index contributed by atoms with van der Waals surface area (Å²) in [5.74, 6) is 0.0432. The number of aliphatic hydroxyl groups excluding tert-OH is 4. The van der Waals surface area contributed by atoms with E-state index >= 15 is 0 Å². The Kier molecular flexibility index (Phi) is 18.6. The number of rotatable bonds is 9. The number of allylic oxidation sites excluding steroid dienone is 3. The highest BCUT2D eigenvalue weighted by Crippen LogP contribution is 2.34. The zero-order chi connectivity index (χ0) is 34.7. The molecule has 0 spiro atoms. The molecular formula is C36H62N2O9. The molecule has 2 unspecified atom stereocenters. The van der Waals surface area contributed by atoms with Crippen LogP contribution in [0.1, 0.15) is 67.7 Å². The molecule has 47 heavy (non-hydrogen) atoms. The normalized spacial score (nSPS) is 38.2. The van der Waals surface area contributed by atoms with Crippen LogP contribution in [-0.4, -0.2) is 132 Å². The molecule has 4 N–H and O–H groups in total. The number of carbonyl (C=O) groups excluding carboxylic acids is 2. The molecule has 0 aromatic rings. The molecule has 2 aliphatic rings. The van der Waals surface area contributed by atoms with Crippen molar-refractivity contribution in [3.63, 3.8) is 0 Å². The molecule has 2 heterocycles. The van der Waals surface area contributed by atoms with Gasteiger partial charge in [0.1, 0.15) is 12.2 Å². The van der Waals surface area contributed by atoms with Gasteiger partial charge in [0, 0.05) is 17.8 Å². The van der Waals surface area contributed by atoms with Gasteiger partial charge in [-0.15, -0.1) is 6.42 Å². The van der Waals surface area contributed by atoms with Gasteiger partial charge in [-0.05, 0) is 72.8 Å². The van der Waals surface area contributed by atoms with Crippen molar-refractivity contribution >= 4 is 11.8 Å². The Labute approximate surface area is 282 Å². The van der Waals surface area contributed by atoms with Crippen molar-refractivity contribution in [1.29, 1.82) is 0 Å². The van der Waals surface area contributed by atoms with Crippen LogP contribution in [0.25, 0.3) is 0 Å². The van der Waals surface area contributed by atoms with E-state index in [-0.39, 0.29) is 32.2 Å². The van der Waals surface area contributed by atoms with Crippen molar-refractivity contribution in [2.75, 3.05) is 40.8 Å². The largest absolute Gasteiger partial charge is 0.462 e. The summed E-state index contributed by atoms with van der Waals surface area (Å²) in [5, 5.41) is 43.7. The lowest BCUT2D eigenvalue weighted by molar-refractivity contribution is -0.304. The Bertz CT molecular complexity index is 1070. The molecule has 1 saturated heterocycles. The molecule has 11 nitrogen and oxygen atoms in total. The summed E-state index contributed by atoms with van der Waals surface area (Å²) < 4.78 is 18.3. The van der Waals surface area contributed by atoms with E-state index in [0.717, 1.165) is 5.57 Å². The van der Waals surface area contributed by atoms with Crippen molar-refractivity contribution in [3.8, 4) is 12.3 Å². The first kappa shape index (κ1) is 42.9. The molecule has 0 radical (unpaired) electrons. The summed E-state index contributed by atoms with van der Waals surface area (Å²) in [7, 11) is 5.40. The SMILES string of the molecule is C.C#CCN(C)CC[C@H]1C[C@@H](C)C(=O)/C=C/C(C)=C/[C@H](CO)[C@@H](CC)OC(=O)C[C@@H](O)[C@H](C)[C@H]1O[C@@H]1O[C@H](C)[C@@H](O)C(N(C)C)C1O. The van der Waals surface area contributed by atoms with Crippen LogP contribution in [0.4, 0.5) is 0 Å². The van der Waals surface area contributed by atoms with Crippen LogP contribution >= 0.6 is 0 Å². The van der Waals surface area contributed by atoms with Crippen LogP contribution in [0.2, 0.25) is 0 Å². The summed E-state index contributed by atoms with van der Waals surface area (Å²) in [6.07, 6.45) is 5.03. The van der Waals surface area contributed by atoms with Crippen LogP contribution in [0.15, 0.2) is 23.8 Å². The number of hydrogen-bond donors (Lipinski definition) is 4. The second-order valence-electron chi connectivity index (χ2n) is 13.4. The second kappa shape index (κ2) is 20.4. The lowest BCUT2D eigenvalue weighted by Gasteiger charge is -2.46. The van der Waals surface area contributed by atoms with Gasteiger partial charge in [0.05, 0.1) is 50.0 Å². The number of ether oxygens (including phenoxy) is 3. The molecule has 11 heteroatoms. The van der Waals surface area contributed by atoms with E-state index < -0.39 is 72.7 Å². The van der Waals surface area contributed by atoms with Gasteiger partial charge >= 0.3 is 5.97 Å². The third-order valence-electron chi connectivity index (χ3n) is 9.41. The van der Waals surface area contributed by atoms with Crippen LogP contribution in [0.5, 0.6) is 0 Å². The Morgan fingerprint density at radius 2 is 1.74 bits per heavy atom. The molecule has 0 amide bonds. The number of aliphatic hydroxyl groups is 4. The standard InChI is InChI=1S/C35H58N2O9.CH4/c1-10-15-37(9)16-14-25-18-22(4)27(39)13-12-21(3)17-26(20-38)29(11-2)45-30(41)19-28(40)23(5)34(25)46-35-33(43)31(36(7)8)32(42)24(6)44-35;/h1,12-13,17,22-26,28-29,31-35,38,40,42-43H,11,14-16,18-20H2,2-9H3;1H4/b13-12+,21-17+;/t22-,23+,24-,25+,26-,28-,29-,31?,32-,33?,34-,35+;/m1./s1. The Morgan fingerprint density at radius 3 is 2.32 bits per heavy atom. The number of likely N-dealkylation sites (N-methyl/N-ethyl adjacent to an activating group) is 1. The van der Waals surface area contributed by atoms with E-state index in [0.29, 0.717) is 32.4 Å². The molecule has 0 aromatic heterocycles. The fraction of sp³-hybridized carbons (Fsp3) is 0.778. The highest BCUT2D eigenvalue weighted by molar-refractivity contribution is 5.91. The topological polar surface area (TPSA) is 149 Å². The second-order valence-corrected chi connectivity index (χ2v) is 13.4. The number of nitrogens with zero attached hydrogens (tertiary/aromatic N) is 2. The number of carbonyl (C=O) groups is 2. The van der Waals surface area contributed by atoms with Gasteiger partial charge < -0.3 is 39.5 Å². The molecule has 12 atom stereocenters. The van der Waals surface area contributed by atoms with Gasteiger partial charge in [-0.25, -0.2) is 0 Å². The van der Waals surface area contributed by atoms with Gasteiger partial charge in [0.25, 0.3) is 0 Å². The quantitative estimate of drug-likeness (QED) is 0.212. The van der Waals surface area contributed by atoms with Crippen molar-refractivity contribution in [3.05, 3.63) is 23.8 Å². The molecule has 0 bridgehead atoms. The fourth-order valence-electron chi connectivity index (χ4n) is 6.48. The lowest BCUT2D eigenvalue weighted by atomic mass is 9.79. The maximum absolute atomic E-state index is 13.4. The molecule has 1 fully saturated rings. The van der Waals surface area contributed by atoms with Crippen molar-refractivity contribution < 1.29 is 44.2 Å². The van der Waals surface area contributed by atoms with E-state index in [9.17, 15) is 30.0 Å². The van der Waals surface area contributed by atoms with Gasteiger partial charge in [0.15, 0.2) is 12.1 Å². The smallest absolute Gasteiger partial charge is 0.308 e. The zero-order valence-corrected chi connectivity index (χ0v) is 28.9. The first-order valence-corrected chi connectivity index (χ1v) is 16.5. The third-order valence-corrected chi connectivity index (χ3v) is 9.41. The summed E-state index contributed by atoms with van der Waals surface area (Å²) >= 11 is 0. The monoisotopic (exact) mass is 666 g/mol. The van der Waals surface area contributed by atoms with Crippen molar-refractivity contribution in [1.82, 2.24) is 9.80 Å². The molecule has 0 saturated carbocycles. The minimum atomic E-state index is -1.22. The summed E-state index contributed by atoms with van der Waals surface area (Å²) in [4.78, 5) is 30.2. The molecule has 2 aliphatic heterocycles. The maximum Gasteiger partial charge on any atom is 0.308 e. The van der Waals surface area contributed by atoms with Gasteiger partial charge in [-0.3, -0.25) is 14.5 Å². The summed E-state index contributed by atoms with van der Waals surface area (Å²) in [5.41, 5.74) is 0.749. The van der Waals surface area contributed by atoms with Gasteiger partial charge in [-0.2, -0.15) is 0 Å². The van der Waals surface area contributed by atoms with E-state index in [1.54, 1.807) is 45.0 Å². The maximum atomic E-state index is 13.4. The highest BCUT2D eigenvalue weighted by Gasteiger charge is 2.47. The number of hydrogen-bond acceptors (Lipinski definition) is 11. The Morgan fingerprint density at radius 1 is 1.09 bits per heavy atom. The third kappa shape index (κ3) is 12.4. The predicted octanol–water partition coefficient (Wildman–Crippen LogP) is 2.40. The minimum absolute atomic E-state index is 0. The van der Waals surface area contributed by atoms with E-state index in [4.69, 9.17) is 20.6 Å². The van der Waals surface area contributed by atoms with E-state index in [2.05, 4.69) is 5.92 Å². The Balaban J connectivity index is 0.0000110. The highest BCUT2D eigenvalue weighted by atomic mass is 16.7. The first-order valence-electron chi connectivity index (χ1n) is 16.5. The predicted molar refractivity (Wildman–Crippen MR) is 182 cm³/mol. The van der Waals surface area contributed by atoms with Crippen molar-refractivity contribution in [2.45, 2.75) is 117 Å². The number of ketones is 1. The van der Waals surface area contributed by atoms with Crippen LogP contribution < -0.4 is 0 Å². The van der Waals surface area contributed by atoms with E-state index in [1.807, 2.05) is 32.7 Å². The average molecular weight is 667 g/mol. The Hall–Kier alpha value is -2.14. The zero-order valence-electron chi connectivity index (χ0n) is 28.9. The molecule has 2 rings (SSSR count). The van der Waals surface area contributed by atoms with Crippen LogP contribution in [0, 0.1) is 36.0 Å². The number of terminal acetylenes is 1. The summed E-state index contributed by atoms with van der Waals surface area (Å²) in [6, 6.07) is -0.678. The molecule has 270 valence electrons.